The van der Waals surface area contributed by atoms with Crippen molar-refractivity contribution in [2.45, 2.75) is 168 Å². The third-order valence-corrected chi connectivity index (χ3v) is 12.1. The zero-order valence-electron chi connectivity index (χ0n) is 32.9. The lowest BCUT2D eigenvalue weighted by atomic mass is 9.59. The summed E-state index contributed by atoms with van der Waals surface area (Å²) in [4.78, 5) is 17.4. The van der Waals surface area contributed by atoms with Crippen LogP contribution in [0.2, 0.25) is 0 Å². The minimum atomic E-state index is -0.895. The Hall–Kier alpha value is -3.61. The summed E-state index contributed by atoms with van der Waals surface area (Å²) in [5.74, 6) is 1.40. The number of benzene rings is 2. The lowest BCUT2D eigenvalue weighted by Gasteiger charge is -2.45. The molecule has 0 saturated heterocycles. The minimum absolute atomic E-state index is 0.0620. The SMILES string of the molecule is CCCCCCCCCCC(Oc1ccc(C(C)(C)CC(C)(C)C)cc1Cc1cccc(-c2nc3cc(C45CCC(CC4)CC5)[nH]n3n2)c1)C(=O)O. The van der Waals surface area contributed by atoms with E-state index in [4.69, 9.17) is 14.8 Å². The van der Waals surface area contributed by atoms with Crippen LogP contribution in [0.3, 0.4) is 0 Å². The number of aliphatic carboxylic acids is 1. The van der Waals surface area contributed by atoms with Crippen LogP contribution in [-0.2, 0) is 22.0 Å². The van der Waals surface area contributed by atoms with E-state index in [2.05, 4.69) is 89.1 Å². The first-order valence-corrected chi connectivity index (χ1v) is 20.4. The Morgan fingerprint density at radius 2 is 1.63 bits per heavy atom. The van der Waals surface area contributed by atoms with E-state index in [0.717, 1.165) is 53.9 Å². The number of aromatic nitrogens is 4. The summed E-state index contributed by atoms with van der Waals surface area (Å²) in [6.45, 7) is 13.7. The highest BCUT2D eigenvalue weighted by molar-refractivity contribution is 5.72. The van der Waals surface area contributed by atoms with Crippen molar-refractivity contribution in [3.05, 3.63) is 70.9 Å². The second-order valence-corrected chi connectivity index (χ2v) is 18.2. The van der Waals surface area contributed by atoms with Crippen molar-refractivity contribution in [3.8, 4) is 17.1 Å². The highest BCUT2D eigenvalue weighted by atomic mass is 16.5. The topological polar surface area (TPSA) is 92.5 Å². The zero-order chi connectivity index (χ0) is 36.9. The van der Waals surface area contributed by atoms with Gasteiger partial charge in [0.1, 0.15) is 5.75 Å². The van der Waals surface area contributed by atoms with Crippen LogP contribution in [0.5, 0.6) is 5.75 Å². The Kier molecular flexibility index (Phi) is 11.9. The summed E-state index contributed by atoms with van der Waals surface area (Å²) < 4.78 is 8.26. The van der Waals surface area contributed by atoms with Gasteiger partial charge in [0.05, 0.1) is 0 Å². The number of hydrogen-bond acceptors (Lipinski definition) is 4. The van der Waals surface area contributed by atoms with Gasteiger partial charge in [-0.25, -0.2) is 9.78 Å². The van der Waals surface area contributed by atoms with Gasteiger partial charge in [-0.1, -0.05) is 117 Å². The Bertz CT molecular complexity index is 1740. The number of rotatable bonds is 18. The van der Waals surface area contributed by atoms with E-state index < -0.39 is 12.1 Å². The molecule has 2 N–H and O–H groups in total. The Labute approximate surface area is 312 Å². The molecule has 7 rings (SSSR count). The van der Waals surface area contributed by atoms with Gasteiger partial charge in [-0.2, -0.15) is 4.63 Å². The summed E-state index contributed by atoms with van der Waals surface area (Å²) in [5.41, 5.74) is 6.86. The molecule has 4 aromatic rings. The van der Waals surface area contributed by atoms with E-state index in [1.54, 1.807) is 0 Å². The maximum absolute atomic E-state index is 12.5. The van der Waals surface area contributed by atoms with Crippen molar-refractivity contribution in [2.24, 2.45) is 11.3 Å². The predicted octanol–water partition coefficient (Wildman–Crippen LogP) is 11.6. The maximum atomic E-state index is 12.5. The van der Waals surface area contributed by atoms with E-state index in [9.17, 15) is 9.90 Å². The lowest BCUT2D eigenvalue weighted by Crippen LogP contribution is -2.38. The summed E-state index contributed by atoms with van der Waals surface area (Å²) in [5, 5.41) is 18.7. The molecule has 7 nitrogen and oxygen atoms in total. The van der Waals surface area contributed by atoms with E-state index in [1.807, 2.05) is 10.7 Å². The molecule has 0 spiro atoms. The quantitative estimate of drug-likeness (QED) is 0.100. The number of nitrogens with zero attached hydrogens (tertiary/aromatic N) is 3. The monoisotopic (exact) mass is 708 g/mol. The largest absolute Gasteiger partial charge is 0.479 e. The molecule has 2 heterocycles. The van der Waals surface area contributed by atoms with Crippen molar-refractivity contribution >= 4 is 11.6 Å². The number of carbonyl (C=O) groups is 1. The van der Waals surface area contributed by atoms with E-state index >= 15 is 0 Å². The molecule has 3 saturated carbocycles. The minimum Gasteiger partial charge on any atom is -0.479 e. The average molecular weight is 709 g/mol. The molecule has 282 valence electrons. The highest BCUT2D eigenvalue weighted by Crippen LogP contribution is 2.51. The first-order chi connectivity index (χ1) is 24.8. The number of hydrogen-bond donors (Lipinski definition) is 2. The number of fused-ring (bicyclic) bond motifs is 4. The molecule has 0 aliphatic heterocycles. The van der Waals surface area contributed by atoms with Crippen molar-refractivity contribution in [1.29, 1.82) is 0 Å². The number of ether oxygens (including phenoxy) is 1. The second kappa shape index (κ2) is 16.2. The summed E-state index contributed by atoms with van der Waals surface area (Å²) in [6.07, 6.45) is 18.5. The van der Waals surface area contributed by atoms with Crippen LogP contribution >= 0.6 is 0 Å². The first-order valence-electron chi connectivity index (χ1n) is 20.4. The first kappa shape index (κ1) is 38.1. The van der Waals surface area contributed by atoms with Gasteiger partial charge in [0.25, 0.3) is 0 Å². The maximum Gasteiger partial charge on any atom is 0.344 e. The highest BCUT2D eigenvalue weighted by Gasteiger charge is 2.43. The smallest absolute Gasteiger partial charge is 0.344 e. The zero-order valence-corrected chi connectivity index (χ0v) is 32.9. The number of carboxylic acid groups (broad SMARTS) is 1. The van der Waals surface area contributed by atoms with Gasteiger partial charge in [0.15, 0.2) is 17.6 Å². The van der Waals surface area contributed by atoms with E-state index in [-0.39, 0.29) is 16.2 Å². The Balaban J connectivity index is 1.21. The predicted molar refractivity (Wildman–Crippen MR) is 211 cm³/mol. The average Bonchev–Trinajstić information content (AvgIpc) is 3.70. The van der Waals surface area contributed by atoms with Crippen LogP contribution in [0.4, 0.5) is 0 Å². The number of H-pyrrole nitrogens is 1. The fraction of sp³-hybridized carbons (Fsp3) is 0.622. The van der Waals surface area contributed by atoms with Crippen LogP contribution in [0, 0.1) is 11.3 Å². The lowest BCUT2D eigenvalue weighted by molar-refractivity contribution is -0.145. The molecular formula is C45H64N4O3. The number of unbranched alkanes of at least 4 members (excludes halogenated alkanes) is 7. The van der Waals surface area contributed by atoms with Crippen molar-refractivity contribution in [2.75, 3.05) is 0 Å². The second-order valence-electron chi connectivity index (χ2n) is 18.2. The normalized spacial score (nSPS) is 19.7. The number of aromatic amines is 1. The van der Waals surface area contributed by atoms with E-state index in [1.165, 1.54) is 81.9 Å². The third-order valence-electron chi connectivity index (χ3n) is 12.1. The molecule has 0 radical (unpaired) electrons. The van der Waals surface area contributed by atoms with Crippen molar-refractivity contribution in [1.82, 2.24) is 19.8 Å². The molecule has 3 aliphatic rings. The molecule has 2 bridgehead atoms. The third kappa shape index (κ3) is 9.30. The molecular weight excluding hydrogens is 645 g/mol. The van der Waals surface area contributed by atoms with Gasteiger partial charge in [0.2, 0.25) is 0 Å². The van der Waals surface area contributed by atoms with Crippen molar-refractivity contribution in [3.63, 3.8) is 0 Å². The summed E-state index contributed by atoms with van der Waals surface area (Å²) in [6, 6.07) is 17.1. The molecule has 52 heavy (non-hydrogen) atoms. The molecule has 0 amide bonds. The fourth-order valence-electron chi connectivity index (χ4n) is 9.39. The van der Waals surface area contributed by atoms with Gasteiger partial charge >= 0.3 is 5.97 Å². The molecule has 1 atom stereocenters. The van der Waals surface area contributed by atoms with E-state index in [0.29, 0.717) is 24.4 Å². The fourth-order valence-corrected chi connectivity index (χ4v) is 9.39. The summed E-state index contributed by atoms with van der Waals surface area (Å²) in [7, 11) is 0. The molecule has 3 aliphatic carbocycles. The van der Waals surface area contributed by atoms with Crippen LogP contribution < -0.4 is 4.74 Å². The molecule has 2 aromatic carbocycles. The molecule has 1 unspecified atom stereocenters. The summed E-state index contributed by atoms with van der Waals surface area (Å²) >= 11 is 0. The number of nitrogens with one attached hydrogen (secondary N) is 1. The van der Waals surface area contributed by atoms with Gasteiger partial charge in [-0.3, -0.25) is 5.10 Å². The molecule has 2 aromatic heterocycles. The Morgan fingerprint density at radius 3 is 2.29 bits per heavy atom. The van der Waals surface area contributed by atoms with Gasteiger partial charge in [0, 0.05) is 29.2 Å². The van der Waals surface area contributed by atoms with Crippen LogP contribution in [0.25, 0.3) is 17.0 Å². The van der Waals surface area contributed by atoms with Crippen LogP contribution in [0.15, 0.2) is 48.5 Å². The molecule has 3 fully saturated rings. The van der Waals surface area contributed by atoms with Gasteiger partial charge in [-0.05, 0) is 103 Å². The Morgan fingerprint density at radius 1 is 0.942 bits per heavy atom. The van der Waals surface area contributed by atoms with Gasteiger partial charge in [-0.15, -0.1) is 5.10 Å². The molecule has 7 heteroatoms. The van der Waals surface area contributed by atoms with Gasteiger partial charge < -0.3 is 9.84 Å². The van der Waals surface area contributed by atoms with Crippen LogP contribution in [-0.4, -0.2) is 37.0 Å². The standard InChI is InChI=1S/C45H64N4O3/c1-7-8-9-10-11-12-13-14-18-38(42(50)51)52-37-20-19-36(44(5,6)31-43(2,3)4)29-35(37)28-33-16-15-17-34(27-33)41-46-40-30-39(47-49(40)48-41)45-24-21-32(22-25-45)23-26-45/h15-17,19-20,27,29-30,32,38,47H,7-14,18,21-26,28,31H2,1-6H3,(H,50,51). The number of carboxylic acids is 1. The van der Waals surface area contributed by atoms with Crippen molar-refractivity contribution < 1.29 is 14.6 Å². The van der Waals surface area contributed by atoms with Crippen LogP contribution in [0.1, 0.15) is 167 Å².